The van der Waals surface area contributed by atoms with E-state index in [9.17, 15) is 14.7 Å². The van der Waals surface area contributed by atoms with E-state index in [1.165, 1.54) is 5.56 Å². The Kier molecular flexibility index (Phi) is 9.07. The summed E-state index contributed by atoms with van der Waals surface area (Å²) in [5.41, 5.74) is 3.31. The lowest BCUT2D eigenvalue weighted by Gasteiger charge is -2.15. The monoisotopic (exact) mass is 445 g/mol. The van der Waals surface area contributed by atoms with Gasteiger partial charge in [0.1, 0.15) is 5.75 Å². The number of rotatable bonds is 12. The molecule has 5 nitrogen and oxygen atoms in total. The Morgan fingerprint density at radius 3 is 2.30 bits per heavy atom. The summed E-state index contributed by atoms with van der Waals surface area (Å²) in [6.07, 6.45) is 3.97. The summed E-state index contributed by atoms with van der Waals surface area (Å²) in [6, 6.07) is 24.8. The van der Waals surface area contributed by atoms with Crippen molar-refractivity contribution in [1.82, 2.24) is 0 Å². The van der Waals surface area contributed by atoms with Crippen LogP contribution in [0, 0.1) is 5.92 Å². The van der Waals surface area contributed by atoms with Gasteiger partial charge in [0.2, 0.25) is 0 Å². The molecule has 2 N–H and O–H groups in total. The smallest absolute Gasteiger partial charge is 0.306 e. The summed E-state index contributed by atoms with van der Waals surface area (Å²) in [7, 11) is 0. The maximum absolute atomic E-state index is 12.7. The number of hydrogen-bond donors (Lipinski definition) is 2. The highest BCUT2D eigenvalue weighted by Gasteiger charge is 2.18. The second-order valence-electron chi connectivity index (χ2n) is 8.07. The van der Waals surface area contributed by atoms with Crippen LogP contribution in [0.5, 0.6) is 5.75 Å². The Morgan fingerprint density at radius 1 is 0.909 bits per heavy atom. The molecule has 3 aromatic rings. The number of unbranched alkanes of at least 4 members (excludes halogenated alkanes) is 1. The molecular weight excluding hydrogens is 414 g/mol. The molecule has 0 aliphatic rings. The minimum Gasteiger partial charge on any atom is -0.494 e. The second kappa shape index (κ2) is 12.4. The van der Waals surface area contributed by atoms with Gasteiger partial charge in [-0.1, -0.05) is 55.5 Å². The Labute approximate surface area is 195 Å². The number of benzene rings is 3. The third-order valence-electron chi connectivity index (χ3n) is 5.66. The molecule has 0 bridgehead atoms. The molecule has 0 aliphatic heterocycles. The fraction of sp³-hybridized carbons (Fsp3) is 0.286. The SMILES string of the molecule is CCC(Cc1ccccc1NC(=O)c1ccc(OCCCCc2ccccc2)cc1)C(=O)O. The minimum absolute atomic E-state index is 0.236. The third kappa shape index (κ3) is 7.49. The van der Waals surface area contributed by atoms with Crippen LogP contribution in [0.2, 0.25) is 0 Å². The molecule has 0 spiro atoms. The third-order valence-corrected chi connectivity index (χ3v) is 5.66. The molecule has 0 heterocycles. The van der Waals surface area contributed by atoms with E-state index in [2.05, 4.69) is 29.6 Å². The summed E-state index contributed by atoms with van der Waals surface area (Å²) in [5, 5.41) is 12.3. The van der Waals surface area contributed by atoms with E-state index < -0.39 is 11.9 Å². The van der Waals surface area contributed by atoms with Crippen molar-refractivity contribution in [3.63, 3.8) is 0 Å². The Bertz CT molecular complexity index is 1030. The Morgan fingerprint density at radius 2 is 1.61 bits per heavy atom. The van der Waals surface area contributed by atoms with Crippen molar-refractivity contribution in [2.45, 2.75) is 39.0 Å². The lowest BCUT2D eigenvalue weighted by Crippen LogP contribution is -2.18. The number of ether oxygens (including phenoxy) is 1. The number of carbonyl (C=O) groups excluding carboxylic acids is 1. The summed E-state index contributed by atoms with van der Waals surface area (Å²) in [5.74, 6) is -0.805. The lowest BCUT2D eigenvalue weighted by atomic mass is 9.96. The van der Waals surface area contributed by atoms with E-state index in [4.69, 9.17) is 4.74 Å². The number of carbonyl (C=O) groups is 2. The number of aliphatic carboxylic acids is 1. The average molecular weight is 446 g/mol. The van der Waals surface area contributed by atoms with Crippen LogP contribution in [-0.4, -0.2) is 23.6 Å². The number of anilines is 1. The van der Waals surface area contributed by atoms with Gasteiger partial charge in [0.15, 0.2) is 0 Å². The van der Waals surface area contributed by atoms with Crippen molar-refractivity contribution in [1.29, 1.82) is 0 Å². The predicted molar refractivity (Wildman–Crippen MR) is 131 cm³/mol. The van der Waals surface area contributed by atoms with E-state index >= 15 is 0 Å². The summed E-state index contributed by atoms with van der Waals surface area (Å²) < 4.78 is 5.81. The molecule has 33 heavy (non-hydrogen) atoms. The number of nitrogens with one attached hydrogen (secondary N) is 1. The summed E-state index contributed by atoms with van der Waals surface area (Å²) in [6.45, 7) is 2.49. The van der Waals surface area contributed by atoms with Crippen LogP contribution in [0.15, 0.2) is 78.9 Å². The van der Waals surface area contributed by atoms with E-state index in [-0.39, 0.29) is 5.91 Å². The fourth-order valence-electron chi connectivity index (χ4n) is 3.65. The number of carboxylic acids is 1. The molecule has 0 aliphatic carbocycles. The maximum Gasteiger partial charge on any atom is 0.306 e. The maximum atomic E-state index is 12.7. The van der Waals surface area contributed by atoms with Gasteiger partial charge in [-0.2, -0.15) is 0 Å². The van der Waals surface area contributed by atoms with Crippen LogP contribution in [-0.2, 0) is 17.6 Å². The van der Waals surface area contributed by atoms with Crippen LogP contribution in [0.25, 0.3) is 0 Å². The quantitative estimate of drug-likeness (QED) is 0.336. The molecule has 1 atom stereocenters. The molecule has 3 rings (SSSR count). The summed E-state index contributed by atoms with van der Waals surface area (Å²) >= 11 is 0. The van der Waals surface area contributed by atoms with Crippen molar-refractivity contribution in [2.75, 3.05) is 11.9 Å². The first-order chi connectivity index (χ1) is 16.1. The largest absolute Gasteiger partial charge is 0.494 e. The van der Waals surface area contributed by atoms with Gasteiger partial charge < -0.3 is 15.2 Å². The first kappa shape index (κ1) is 24.1. The number of aryl methyl sites for hydroxylation is 1. The zero-order valence-corrected chi connectivity index (χ0v) is 19.0. The van der Waals surface area contributed by atoms with Crippen LogP contribution in [0.4, 0.5) is 5.69 Å². The Hall–Kier alpha value is -3.60. The first-order valence-electron chi connectivity index (χ1n) is 11.5. The fourth-order valence-corrected chi connectivity index (χ4v) is 3.65. The van der Waals surface area contributed by atoms with Gasteiger partial charge in [-0.25, -0.2) is 0 Å². The highest BCUT2D eigenvalue weighted by molar-refractivity contribution is 6.04. The van der Waals surface area contributed by atoms with Crippen LogP contribution in [0.1, 0.15) is 47.7 Å². The average Bonchev–Trinajstić information content (AvgIpc) is 2.84. The lowest BCUT2D eigenvalue weighted by molar-refractivity contribution is -0.141. The molecule has 3 aromatic carbocycles. The van der Waals surface area contributed by atoms with Crippen LogP contribution < -0.4 is 10.1 Å². The van der Waals surface area contributed by atoms with Gasteiger partial charge in [-0.05, 0) is 73.6 Å². The number of para-hydroxylation sites is 1. The first-order valence-corrected chi connectivity index (χ1v) is 11.5. The molecule has 0 fully saturated rings. The van der Waals surface area contributed by atoms with Gasteiger partial charge in [0, 0.05) is 11.3 Å². The Balaban J connectivity index is 1.50. The van der Waals surface area contributed by atoms with Gasteiger partial charge in [0.25, 0.3) is 5.91 Å². The van der Waals surface area contributed by atoms with Gasteiger partial charge in [0.05, 0.1) is 12.5 Å². The standard InChI is InChI=1S/C28H31NO4/c1-2-22(28(31)32)20-24-13-6-7-14-26(24)29-27(30)23-15-17-25(18-16-23)33-19-9-8-12-21-10-4-3-5-11-21/h3-7,10-11,13-18,22H,2,8-9,12,19-20H2,1H3,(H,29,30)(H,31,32). The van der Waals surface area contributed by atoms with Crippen LogP contribution in [0.3, 0.4) is 0 Å². The van der Waals surface area contributed by atoms with E-state index in [0.29, 0.717) is 30.7 Å². The molecule has 0 radical (unpaired) electrons. The molecule has 0 saturated carbocycles. The molecular formula is C28H31NO4. The zero-order valence-electron chi connectivity index (χ0n) is 19.0. The van der Waals surface area contributed by atoms with Crippen molar-refractivity contribution in [2.24, 2.45) is 5.92 Å². The van der Waals surface area contributed by atoms with Gasteiger partial charge in [-0.15, -0.1) is 0 Å². The predicted octanol–water partition coefficient (Wildman–Crippen LogP) is 5.99. The number of amides is 1. The highest BCUT2D eigenvalue weighted by atomic mass is 16.5. The highest BCUT2D eigenvalue weighted by Crippen LogP contribution is 2.22. The molecule has 5 heteroatoms. The topological polar surface area (TPSA) is 75.6 Å². The van der Waals surface area contributed by atoms with Crippen molar-refractivity contribution < 1.29 is 19.4 Å². The normalized spacial score (nSPS) is 11.5. The van der Waals surface area contributed by atoms with Gasteiger partial charge >= 0.3 is 5.97 Å². The van der Waals surface area contributed by atoms with Gasteiger partial charge in [-0.3, -0.25) is 9.59 Å². The van der Waals surface area contributed by atoms with Crippen molar-refractivity contribution in [3.05, 3.63) is 95.6 Å². The van der Waals surface area contributed by atoms with E-state index in [0.717, 1.165) is 30.6 Å². The number of hydrogen-bond acceptors (Lipinski definition) is 3. The molecule has 1 amide bonds. The second-order valence-corrected chi connectivity index (χ2v) is 8.07. The van der Waals surface area contributed by atoms with E-state index in [1.807, 2.05) is 31.2 Å². The molecule has 0 aromatic heterocycles. The molecule has 172 valence electrons. The van der Waals surface area contributed by atoms with Crippen LogP contribution >= 0.6 is 0 Å². The number of carboxylic acid groups (broad SMARTS) is 1. The minimum atomic E-state index is -0.825. The van der Waals surface area contributed by atoms with Crippen molar-refractivity contribution >= 4 is 17.6 Å². The van der Waals surface area contributed by atoms with Crippen molar-refractivity contribution in [3.8, 4) is 5.75 Å². The molecule has 1 unspecified atom stereocenters. The summed E-state index contributed by atoms with van der Waals surface area (Å²) in [4.78, 5) is 24.1. The zero-order chi connectivity index (χ0) is 23.5. The van der Waals surface area contributed by atoms with E-state index in [1.54, 1.807) is 30.3 Å². The molecule has 0 saturated heterocycles.